The lowest BCUT2D eigenvalue weighted by atomic mass is 10.4. The number of carbonyl (C=O) groups excluding carboxylic acids is 2. The Bertz CT molecular complexity index is 654. The van der Waals surface area contributed by atoms with Crippen molar-refractivity contribution in [2.45, 2.75) is 11.8 Å². The molecule has 1 aromatic rings. The van der Waals surface area contributed by atoms with Gasteiger partial charge in [-0.2, -0.15) is 0 Å². The van der Waals surface area contributed by atoms with Crippen molar-refractivity contribution >= 4 is 33.7 Å². The molecular weight excluding hydrogens is 334 g/mol. The molecule has 1 rings (SSSR count). The zero-order chi connectivity index (χ0) is 16.6. The van der Waals surface area contributed by atoms with Crippen molar-refractivity contribution in [2.24, 2.45) is 0 Å². The van der Waals surface area contributed by atoms with E-state index in [0.717, 1.165) is 0 Å². The summed E-state index contributed by atoms with van der Waals surface area (Å²) in [5, 5.41) is 0.374. The van der Waals surface area contributed by atoms with Crippen molar-refractivity contribution in [1.29, 1.82) is 0 Å². The summed E-state index contributed by atoms with van der Waals surface area (Å²) in [5.41, 5.74) is 0. The maximum Gasteiger partial charge on any atom is 0.421 e. The van der Waals surface area contributed by atoms with Crippen LogP contribution >= 0.6 is 11.6 Å². The summed E-state index contributed by atoms with van der Waals surface area (Å²) < 4.78 is 34.7. The van der Waals surface area contributed by atoms with Gasteiger partial charge in [0.1, 0.15) is 13.2 Å². The smallest absolute Gasteiger partial charge is 0.421 e. The molecule has 22 heavy (non-hydrogen) atoms. The van der Waals surface area contributed by atoms with Crippen LogP contribution in [0.3, 0.4) is 0 Å². The summed E-state index contributed by atoms with van der Waals surface area (Å²) in [7, 11) is -4.01. The summed E-state index contributed by atoms with van der Waals surface area (Å²) >= 11 is 5.65. The summed E-state index contributed by atoms with van der Waals surface area (Å²) in [5.74, 6) is -0.433. The number of rotatable bonds is 6. The minimum absolute atomic E-state index is 0.0450. The molecule has 0 saturated carbocycles. The highest BCUT2D eigenvalue weighted by Crippen LogP contribution is 2.13. The van der Waals surface area contributed by atoms with Gasteiger partial charge in [0.2, 0.25) is 0 Å². The molecule has 0 bridgehead atoms. The van der Waals surface area contributed by atoms with Crippen LogP contribution in [-0.2, 0) is 24.3 Å². The number of hydrogen-bond donors (Lipinski definition) is 1. The van der Waals surface area contributed by atoms with Gasteiger partial charge in [-0.05, 0) is 36.4 Å². The summed E-state index contributed by atoms with van der Waals surface area (Å²) in [4.78, 5) is 21.7. The fraction of sp³-hybridized carbons (Fsp3) is 0.231. The molecule has 1 amide bonds. The first-order chi connectivity index (χ1) is 10.3. The highest BCUT2D eigenvalue weighted by molar-refractivity contribution is 7.90. The van der Waals surface area contributed by atoms with Gasteiger partial charge in [0.05, 0.1) is 4.90 Å². The van der Waals surface area contributed by atoms with Gasteiger partial charge in [-0.1, -0.05) is 11.6 Å². The van der Waals surface area contributed by atoms with Crippen molar-refractivity contribution in [1.82, 2.24) is 4.72 Å². The van der Waals surface area contributed by atoms with Crippen molar-refractivity contribution in [2.75, 3.05) is 13.2 Å². The number of carbonyl (C=O) groups is 2. The number of hydrogen-bond acceptors (Lipinski definition) is 6. The fourth-order valence-electron chi connectivity index (χ4n) is 1.24. The molecule has 0 unspecified atom stereocenters. The first-order valence-electron chi connectivity index (χ1n) is 6.05. The molecule has 120 valence electrons. The zero-order valence-electron chi connectivity index (χ0n) is 11.6. The SMILES string of the molecule is CC(=O)OC/C=C\COC(=O)NS(=O)(=O)c1ccc(Cl)cc1. The number of esters is 1. The van der Waals surface area contributed by atoms with E-state index in [1.807, 2.05) is 0 Å². The van der Waals surface area contributed by atoms with Crippen molar-refractivity contribution in [3.8, 4) is 0 Å². The number of benzene rings is 1. The van der Waals surface area contributed by atoms with Gasteiger partial charge in [0, 0.05) is 11.9 Å². The van der Waals surface area contributed by atoms with Gasteiger partial charge >= 0.3 is 12.1 Å². The number of amides is 1. The highest BCUT2D eigenvalue weighted by Gasteiger charge is 2.17. The average Bonchev–Trinajstić information content (AvgIpc) is 2.42. The molecule has 0 saturated heterocycles. The Morgan fingerprint density at radius 2 is 1.68 bits per heavy atom. The lowest BCUT2D eigenvalue weighted by Gasteiger charge is -2.06. The third-order valence-corrected chi connectivity index (χ3v) is 3.78. The first-order valence-corrected chi connectivity index (χ1v) is 7.91. The van der Waals surface area contributed by atoms with E-state index in [1.54, 1.807) is 4.72 Å². The third-order valence-electron chi connectivity index (χ3n) is 2.20. The Kier molecular flexibility index (Phi) is 6.87. The molecule has 9 heteroatoms. The quantitative estimate of drug-likeness (QED) is 0.623. The number of ether oxygens (including phenoxy) is 2. The van der Waals surface area contributed by atoms with Crippen LogP contribution < -0.4 is 4.72 Å². The molecule has 1 aromatic carbocycles. The fourth-order valence-corrected chi connectivity index (χ4v) is 2.25. The number of nitrogens with one attached hydrogen (secondary N) is 1. The van der Waals surface area contributed by atoms with Crippen LogP contribution in [0.25, 0.3) is 0 Å². The standard InChI is InChI=1S/C13H14ClNO6S/c1-10(16)20-8-2-3-9-21-13(17)15-22(18,19)12-6-4-11(14)5-7-12/h2-7H,8-9H2,1H3,(H,15,17)/b3-2-. The van der Waals surface area contributed by atoms with Crippen molar-refractivity contribution in [3.63, 3.8) is 0 Å². The van der Waals surface area contributed by atoms with Gasteiger partial charge in [-0.3, -0.25) is 4.79 Å². The lowest BCUT2D eigenvalue weighted by molar-refractivity contribution is -0.139. The van der Waals surface area contributed by atoms with Gasteiger partial charge in [-0.25, -0.2) is 17.9 Å². The highest BCUT2D eigenvalue weighted by atomic mass is 35.5. The molecule has 0 heterocycles. The first kappa shape index (κ1) is 18.0. The van der Waals surface area contributed by atoms with Gasteiger partial charge < -0.3 is 9.47 Å². The molecule has 0 fully saturated rings. The summed E-state index contributed by atoms with van der Waals surface area (Å²) in [6.45, 7) is 1.14. The van der Waals surface area contributed by atoms with Gasteiger partial charge in [0.15, 0.2) is 0 Å². The molecule has 7 nitrogen and oxygen atoms in total. The molecular formula is C13H14ClNO6S. The van der Waals surface area contributed by atoms with E-state index in [0.29, 0.717) is 5.02 Å². The molecule has 0 aliphatic carbocycles. The second-order valence-electron chi connectivity index (χ2n) is 3.93. The van der Waals surface area contributed by atoms with Crippen LogP contribution in [0.5, 0.6) is 0 Å². The monoisotopic (exact) mass is 347 g/mol. The van der Waals surface area contributed by atoms with E-state index in [-0.39, 0.29) is 18.1 Å². The van der Waals surface area contributed by atoms with E-state index >= 15 is 0 Å². The Hall–Kier alpha value is -2.06. The largest absolute Gasteiger partial charge is 0.462 e. The minimum atomic E-state index is -4.01. The van der Waals surface area contributed by atoms with E-state index in [1.165, 1.54) is 43.3 Å². The average molecular weight is 348 g/mol. The van der Waals surface area contributed by atoms with Crippen LogP contribution in [0.15, 0.2) is 41.3 Å². The second kappa shape index (κ2) is 8.40. The van der Waals surface area contributed by atoms with Crippen molar-refractivity contribution < 1.29 is 27.5 Å². The van der Waals surface area contributed by atoms with Gasteiger partial charge in [0.25, 0.3) is 10.0 Å². The van der Waals surface area contributed by atoms with E-state index < -0.39 is 22.1 Å². The predicted molar refractivity (Wildman–Crippen MR) is 78.9 cm³/mol. The molecule has 0 aliphatic rings. The maximum absolute atomic E-state index is 11.8. The molecule has 0 atom stereocenters. The van der Waals surface area contributed by atoms with Crippen LogP contribution in [0.2, 0.25) is 5.02 Å². The predicted octanol–water partition coefficient (Wildman–Crippen LogP) is 1.87. The molecule has 0 radical (unpaired) electrons. The summed E-state index contributed by atoms with van der Waals surface area (Å²) in [6, 6.07) is 5.30. The number of halogens is 1. The van der Waals surface area contributed by atoms with Crippen molar-refractivity contribution in [3.05, 3.63) is 41.4 Å². The topological polar surface area (TPSA) is 98.8 Å². The van der Waals surface area contributed by atoms with E-state index in [4.69, 9.17) is 11.6 Å². The third kappa shape index (κ3) is 6.59. The van der Waals surface area contributed by atoms with Crippen LogP contribution in [0.1, 0.15) is 6.92 Å². The minimum Gasteiger partial charge on any atom is -0.462 e. The lowest BCUT2D eigenvalue weighted by Crippen LogP contribution is -2.31. The normalized spacial score (nSPS) is 11.2. The maximum atomic E-state index is 11.8. The molecule has 1 N–H and O–H groups in total. The Labute approximate surface area is 132 Å². The Morgan fingerprint density at radius 1 is 1.14 bits per heavy atom. The van der Waals surface area contributed by atoms with Crippen LogP contribution in [-0.4, -0.2) is 33.7 Å². The van der Waals surface area contributed by atoms with Crippen LogP contribution in [0, 0.1) is 0 Å². The number of sulfonamides is 1. The summed E-state index contributed by atoms with van der Waals surface area (Å²) in [6.07, 6.45) is 1.76. The molecule has 0 aliphatic heterocycles. The zero-order valence-corrected chi connectivity index (χ0v) is 13.2. The molecule has 0 aromatic heterocycles. The Balaban J connectivity index is 2.44. The molecule has 0 spiro atoms. The van der Waals surface area contributed by atoms with Crippen LogP contribution in [0.4, 0.5) is 4.79 Å². The van der Waals surface area contributed by atoms with Gasteiger partial charge in [-0.15, -0.1) is 0 Å². The van der Waals surface area contributed by atoms with E-state index in [2.05, 4.69) is 9.47 Å². The second-order valence-corrected chi connectivity index (χ2v) is 6.05. The van der Waals surface area contributed by atoms with E-state index in [9.17, 15) is 18.0 Å². The Morgan fingerprint density at radius 3 is 2.23 bits per heavy atom.